The van der Waals surface area contributed by atoms with Crippen LogP contribution in [0, 0.1) is 0 Å². The van der Waals surface area contributed by atoms with Crippen LogP contribution in [0.4, 0.5) is 0 Å². The third-order valence-electron chi connectivity index (χ3n) is 2.87. The van der Waals surface area contributed by atoms with E-state index in [0.29, 0.717) is 18.0 Å². The van der Waals surface area contributed by atoms with E-state index in [2.05, 4.69) is 5.32 Å². The van der Waals surface area contributed by atoms with Gasteiger partial charge in [-0.05, 0) is 25.5 Å². The molecule has 2 rings (SSSR count). The van der Waals surface area contributed by atoms with Gasteiger partial charge in [-0.3, -0.25) is 4.79 Å². The van der Waals surface area contributed by atoms with Gasteiger partial charge in [0.05, 0.1) is 10.6 Å². The van der Waals surface area contributed by atoms with E-state index in [1.165, 1.54) is 19.1 Å². The molecule has 21 heavy (non-hydrogen) atoms. The predicted molar refractivity (Wildman–Crippen MR) is 75.8 cm³/mol. The minimum Gasteiger partial charge on any atom is -0.454 e. The molecule has 7 heteroatoms. The number of amides is 1. The van der Waals surface area contributed by atoms with Crippen molar-refractivity contribution in [2.75, 3.05) is 13.3 Å². The van der Waals surface area contributed by atoms with Gasteiger partial charge in [0.15, 0.2) is 17.6 Å². The van der Waals surface area contributed by atoms with E-state index in [4.69, 9.17) is 25.8 Å². The topological polar surface area (TPSA) is 73.9 Å². The molecule has 0 saturated carbocycles. The number of hydrogen-bond acceptors (Lipinski definition) is 5. The number of nitrogens with one attached hydrogen (secondary N) is 1. The molecule has 0 spiro atoms. The van der Waals surface area contributed by atoms with Crippen LogP contribution < -0.4 is 14.8 Å². The molecule has 0 unspecified atom stereocenters. The number of fused-ring (bicyclic) bond motifs is 1. The van der Waals surface area contributed by atoms with E-state index < -0.39 is 12.1 Å². The van der Waals surface area contributed by atoms with Crippen LogP contribution in [-0.2, 0) is 9.53 Å². The highest BCUT2D eigenvalue weighted by Gasteiger charge is 2.23. The SMILES string of the molecule is CCCNC(=O)[C@H](C)OC(=O)c1cc(Cl)c2c(c1)OCO2. The quantitative estimate of drug-likeness (QED) is 0.843. The van der Waals surface area contributed by atoms with Crippen LogP contribution in [0.25, 0.3) is 0 Å². The summed E-state index contributed by atoms with van der Waals surface area (Å²) < 4.78 is 15.4. The molecule has 0 fully saturated rings. The smallest absolute Gasteiger partial charge is 0.339 e. The monoisotopic (exact) mass is 313 g/mol. The van der Waals surface area contributed by atoms with Crippen molar-refractivity contribution in [2.45, 2.75) is 26.4 Å². The Morgan fingerprint density at radius 1 is 1.43 bits per heavy atom. The van der Waals surface area contributed by atoms with Crippen molar-refractivity contribution in [1.29, 1.82) is 0 Å². The fraction of sp³-hybridized carbons (Fsp3) is 0.429. The minimum absolute atomic E-state index is 0.0589. The Morgan fingerprint density at radius 2 is 2.19 bits per heavy atom. The van der Waals surface area contributed by atoms with Crippen molar-refractivity contribution in [2.24, 2.45) is 0 Å². The molecule has 1 aliphatic rings. The molecular formula is C14H16ClNO5. The van der Waals surface area contributed by atoms with Crippen LogP contribution in [0.2, 0.25) is 5.02 Å². The summed E-state index contributed by atoms with van der Waals surface area (Å²) in [6, 6.07) is 2.90. The van der Waals surface area contributed by atoms with Gasteiger partial charge in [0, 0.05) is 6.54 Å². The molecule has 114 valence electrons. The molecular weight excluding hydrogens is 298 g/mol. The second-order valence-corrected chi connectivity index (χ2v) is 4.94. The second-order valence-electron chi connectivity index (χ2n) is 4.53. The van der Waals surface area contributed by atoms with Gasteiger partial charge in [0.1, 0.15) is 0 Å². The van der Waals surface area contributed by atoms with Crippen LogP contribution >= 0.6 is 11.6 Å². The molecule has 6 nitrogen and oxygen atoms in total. The van der Waals surface area contributed by atoms with Gasteiger partial charge in [-0.25, -0.2) is 4.79 Å². The summed E-state index contributed by atoms with van der Waals surface area (Å²) in [6.07, 6.45) is -0.0716. The predicted octanol–water partition coefficient (Wildman–Crippen LogP) is 2.14. The average molecular weight is 314 g/mol. The lowest BCUT2D eigenvalue weighted by Gasteiger charge is -2.13. The van der Waals surface area contributed by atoms with Crippen molar-refractivity contribution in [1.82, 2.24) is 5.32 Å². The normalized spacial score (nSPS) is 13.7. The van der Waals surface area contributed by atoms with Gasteiger partial charge in [-0.2, -0.15) is 0 Å². The van der Waals surface area contributed by atoms with Crippen molar-refractivity contribution in [3.05, 3.63) is 22.7 Å². The number of rotatable bonds is 5. The number of benzene rings is 1. The van der Waals surface area contributed by atoms with Gasteiger partial charge in [0.25, 0.3) is 5.91 Å². The third kappa shape index (κ3) is 3.58. The van der Waals surface area contributed by atoms with Crippen molar-refractivity contribution >= 4 is 23.5 Å². The first-order valence-electron chi connectivity index (χ1n) is 6.60. The zero-order chi connectivity index (χ0) is 15.4. The largest absolute Gasteiger partial charge is 0.454 e. The molecule has 1 N–H and O–H groups in total. The number of halogens is 1. The summed E-state index contributed by atoms with van der Waals surface area (Å²) in [6.45, 7) is 4.04. The fourth-order valence-electron chi connectivity index (χ4n) is 1.76. The van der Waals surface area contributed by atoms with Crippen molar-refractivity contribution in [3.63, 3.8) is 0 Å². The van der Waals surface area contributed by atoms with Gasteiger partial charge in [0.2, 0.25) is 6.79 Å². The van der Waals surface area contributed by atoms with Crippen molar-refractivity contribution in [3.8, 4) is 11.5 Å². The molecule has 1 aliphatic heterocycles. The molecule has 0 aliphatic carbocycles. The molecule has 0 aromatic heterocycles. The standard InChI is InChI=1S/C14H16ClNO5/c1-3-4-16-13(17)8(2)21-14(18)9-5-10(15)12-11(6-9)19-7-20-12/h5-6,8H,3-4,7H2,1-2H3,(H,16,17)/t8-/m0/s1. The number of carbonyl (C=O) groups excluding carboxylic acids is 2. The Labute approximate surface area is 127 Å². The molecule has 0 radical (unpaired) electrons. The van der Waals surface area contributed by atoms with Gasteiger partial charge in [-0.15, -0.1) is 0 Å². The zero-order valence-electron chi connectivity index (χ0n) is 11.8. The Hall–Kier alpha value is -1.95. The maximum Gasteiger partial charge on any atom is 0.339 e. The first kappa shape index (κ1) is 15.4. The van der Waals surface area contributed by atoms with E-state index in [-0.39, 0.29) is 23.3 Å². The Bertz CT molecular complexity index is 561. The van der Waals surface area contributed by atoms with Gasteiger partial charge >= 0.3 is 5.97 Å². The van der Waals surface area contributed by atoms with Crippen LogP contribution in [0.3, 0.4) is 0 Å². The van der Waals surface area contributed by atoms with Crippen LogP contribution in [0.5, 0.6) is 11.5 Å². The highest BCUT2D eigenvalue weighted by atomic mass is 35.5. The molecule has 1 aromatic carbocycles. The summed E-state index contributed by atoms with van der Waals surface area (Å²) in [5.41, 5.74) is 0.208. The zero-order valence-corrected chi connectivity index (χ0v) is 12.5. The number of esters is 1. The lowest BCUT2D eigenvalue weighted by atomic mass is 10.2. The molecule has 0 saturated heterocycles. The second kappa shape index (κ2) is 6.67. The first-order valence-corrected chi connectivity index (χ1v) is 6.98. The van der Waals surface area contributed by atoms with Crippen LogP contribution in [0.1, 0.15) is 30.6 Å². The molecule has 1 aromatic rings. The summed E-state index contributed by atoms with van der Waals surface area (Å²) in [5, 5.41) is 2.92. The van der Waals surface area contributed by atoms with E-state index in [9.17, 15) is 9.59 Å². The summed E-state index contributed by atoms with van der Waals surface area (Å²) in [5.74, 6) is -0.189. The van der Waals surface area contributed by atoms with Crippen LogP contribution in [-0.4, -0.2) is 31.3 Å². The third-order valence-corrected chi connectivity index (χ3v) is 3.15. The lowest BCUT2D eigenvalue weighted by molar-refractivity contribution is -0.129. The lowest BCUT2D eigenvalue weighted by Crippen LogP contribution is -2.36. The Kier molecular flexibility index (Phi) is 4.90. The van der Waals surface area contributed by atoms with Crippen molar-refractivity contribution < 1.29 is 23.8 Å². The first-order chi connectivity index (χ1) is 10.0. The van der Waals surface area contributed by atoms with E-state index >= 15 is 0 Å². The van der Waals surface area contributed by atoms with E-state index in [1.54, 1.807) is 0 Å². The molecule has 1 heterocycles. The Balaban J connectivity index is 2.04. The average Bonchev–Trinajstić information content (AvgIpc) is 2.93. The van der Waals surface area contributed by atoms with Crippen LogP contribution in [0.15, 0.2) is 12.1 Å². The van der Waals surface area contributed by atoms with E-state index in [0.717, 1.165) is 6.42 Å². The summed E-state index contributed by atoms with van der Waals surface area (Å²) >= 11 is 5.99. The summed E-state index contributed by atoms with van der Waals surface area (Å²) in [7, 11) is 0. The maximum atomic E-state index is 12.0. The Morgan fingerprint density at radius 3 is 2.90 bits per heavy atom. The van der Waals surface area contributed by atoms with Gasteiger partial charge < -0.3 is 19.5 Å². The number of ether oxygens (including phenoxy) is 3. The molecule has 1 amide bonds. The van der Waals surface area contributed by atoms with Gasteiger partial charge in [-0.1, -0.05) is 18.5 Å². The van der Waals surface area contributed by atoms with E-state index in [1.807, 2.05) is 6.92 Å². The highest BCUT2D eigenvalue weighted by molar-refractivity contribution is 6.32. The summed E-state index contributed by atoms with van der Waals surface area (Å²) in [4.78, 5) is 23.7. The highest BCUT2D eigenvalue weighted by Crippen LogP contribution is 2.39. The molecule has 0 bridgehead atoms. The fourth-order valence-corrected chi connectivity index (χ4v) is 2.02. The maximum absolute atomic E-state index is 12.0. The number of carbonyl (C=O) groups is 2. The molecule has 1 atom stereocenters. The number of hydrogen-bond donors (Lipinski definition) is 1. The minimum atomic E-state index is -0.881.